The van der Waals surface area contributed by atoms with Crippen LogP contribution in [0, 0.1) is 0 Å². The number of amides is 3. The van der Waals surface area contributed by atoms with E-state index in [1.54, 1.807) is 12.1 Å². The maximum absolute atomic E-state index is 12.2. The van der Waals surface area contributed by atoms with Gasteiger partial charge in [-0.15, -0.1) is 0 Å². The SMILES string of the molecule is CN(CC(N)=O)C(=O)N1CCc2cc(C(=O)O)ccc21. The molecule has 0 unspecified atom stereocenters. The number of nitrogens with two attached hydrogens (primary N) is 1. The lowest BCUT2D eigenvalue weighted by atomic mass is 10.1. The molecule has 7 heteroatoms. The Hall–Kier alpha value is -2.57. The van der Waals surface area contributed by atoms with E-state index in [9.17, 15) is 14.4 Å². The number of anilines is 1. The Balaban J connectivity index is 2.21. The van der Waals surface area contributed by atoms with E-state index < -0.39 is 11.9 Å². The van der Waals surface area contributed by atoms with Gasteiger partial charge in [-0.25, -0.2) is 9.59 Å². The second kappa shape index (κ2) is 5.20. The first-order chi connectivity index (χ1) is 9.40. The molecule has 3 amide bonds. The molecule has 1 aliphatic rings. The number of benzene rings is 1. The molecule has 1 aromatic rings. The first-order valence-corrected chi connectivity index (χ1v) is 6.07. The Morgan fingerprint density at radius 2 is 2.10 bits per heavy atom. The quantitative estimate of drug-likeness (QED) is 0.828. The second-order valence-electron chi connectivity index (χ2n) is 4.66. The van der Waals surface area contributed by atoms with Crippen LogP contribution in [0.1, 0.15) is 15.9 Å². The Morgan fingerprint density at radius 3 is 2.70 bits per heavy atom. The first-order valence-electron chi connectivity index (χ1n) is 6.07. The molecule has 0 aliphatic carbocycles. The van der Waals surface area contributed by atoms with Gasteiger partial charge in [0.1, 0.15) is 6.54 Å². The molecule has 0 aromatic heterocycles. The van der Waals surface area contributed by atoms with E-state index in [1.807, 2.05) is 0 Å². The fourth-order valence-corrected chi connectivity index (χ4v) is 2.24. The average Bonchev–Trinajstić information content (AvgIpc) is 2.79. The van der Waals surface area contributed by atoms with E-state index in [0.717, 1.165) is 5.56 Å². The summed E-state index contributed by atoms with van der Waals surface area (Å²) in [4.78, 5) is 36.7. The van der Waals surface area contributed by atoms with Crippen LogP contribution in [0.3, 0.4) is 0 Å². The van der Waals surface area contributed by atoms with Crippen LogP contribution in [0.5, 0.6) is 0 Å². The summed E-state index contributed by atoms with van der Waals surface area (Å²) < 4.78 is 0. The molecule has 1 heterocycles. The van der Waals surface area contributed by atoms with Crippen molar-refractivity contribution in [2.45, 2.75) is 6.42 Å². The molecular formula is C13H15N3O4. The van der Waals surface area contributed by atoms with Gasteiger partial charge in [0.25, 0.3) is 0 Å². The third-order valence-corrected chi connectivity index (χ3v) is 3.17. The highest BCUT2D eigenvalue weighted by atomic mass is 16.4. The number of carboxylic acids is 1. The van der Waals surface area contributed by atoms with Gasteiger partial charge in [0, 0.05) is 19.3 Å². The molecule has 0 bridgehead atoms. The minimum Gasteiger partial charge on any atom is -0.478 e. The molecule has 3 N–H and O–H groups in total. The predicted octanol–water partition coefficient (Wildman–Crippen LogP) is 0.284. The number of fused-ring (bicyclic) bond motifs is 1. The van der Waals surface area contributed by atoms with E-state index in [1.165, 1.54) is 22.9 Å². The summed E-state index contributed by atoms with van der Waals surface area (Å²) in [5.41, 5.74) is 6.75. The van der Waals surface area contributed by atoms with Gasteiger partial charge in [-0.05, 0) is 30.2 Å². The zero-order valence-electron chi connectivity index (χ0n) is 11.0. The van der Waals surface area contributed by atoms with Crippen molar-refractivity contribution in [2.24, 2.45) is 5.73 Å². The van der Waals surface area contributed by atoms with Crippen molar-refractivity contribution in [3.63, 3.8) is 0 Å². The third kappa shape index (κ3) is 2.56. The number of nitrogens with zero attached hydrogens (tertiary/aromatic N) is 2. The molecule has 0 fully saturated rings. The standard InChI is InChI=1S/C13H15N3O4/c1-15(7-11(14)17)13(20)16-5-4-8-6-9(12(18)19)2-3-10(8)16/h2-3,6H,4-5,7H2,1H3,(H2,14,17)(H,18,19). The molecule has 1 aliphatic heterocycles. The van der Waals surface area contributed by atoms with Crippen LogP contribution in [-0.4, -0.2) is 48.1 Å². The third-order valence-electron chi connectivity index (χ3n) is 3.17. The molecule has 2 rings (SSSR count). The summed E-state index contributed by atoms with van der Waals surface area (Å²) in [5, 5.41) is 8.94. The van der Waals surface area contributed by atoms with Gasteiger partial charge >= 0.3 is 12.0 Å². The van der Waals surface area contributed by atoms with Crippen LogP contribution in [0.15, 0.2) is 18.2 Å². The lowest BCUT2D eigenvalue weighted by Gasteiger charge is -2.24. The number of carbonyl (C=O) groups excluding carboxylic acids is 2. The predicted molar refractivity (Wildman–Crippen MR) is 71.7 cm³/mol. The molecule has 106 valence electrons. The fraction of sp³-hybridized carbons (Fsp3) is 0.308. The molecule has 0 saturated carbocycles. The van der Waals surface area contributed by atoms with Crippen molar-refractivity contribution in [3.05, 3.63) is 29.3 Å². The van der Waals surface area contributed by atoms with Gasteiger partial charge in [0.15, 0.2) is 0 Å². The number of carbonyl (C=O) groups is 3. The number of likely N-dealkylation sites (N-methyl/N-ethyl adjacent to an activating group) is 1. The van der Waals surface area contributed by atoms with E-state index >= 15 is 0 Å². The Labute approximate surface area is 115 Å². The highest BCUT2D eigenvalue weighted by Gasteiger charge is 2.28. The van der Waals surface area contributed by atoms with Gasteiger partial charge in [-0.1, -0.05) is 0 Å². The monoisotopic (exact) mass is 277 g/mol. The lowest BCUT2D eigenvalue weighted by molar-refractivity contribution is -0.118. The van der Waals surface area contributed by atoms with Crippen LogP contribution >= 0.6 is 0 Å². The van der Waals surface area contributed by atoms with E-state index in [0.29, 0.717) is 18.7 Å². The number of rotatable bonds is 3. The number of hydrogen-bond acceptors (Lipinski definition) is 3. The summed E-state index contributed by atoms with van der Waals surface area (Å²) in [7, 11) is 1.50. The van der Waals surface area contributed by atoms with Crippen molar-refractivity contribution >= 4 is 23.6 Å². The molecular weight excluding hydrogens is 262 g/mol. The van der Waals surface area contributed by atoms with Crippen LogP contribution in [0.4, 0.5) is 10.5 Å². The molecule has 20 heavy (non-hydrogen) atoms. The second-order valence-corrected chi connectivity index (χ2v) is 4.66. The Bertz CT molecular complexity index is 585. The normalized spacial score (nSPS) is 12.9. The van der Waals surface area contributed by atoms with Crippen molar-refractivity contribution in [2.75, 3.05) is 25.0 Å². The largest absolute Gasteiger partial charge is 0.478 e. The summed E-state index contributed by atoms with van der Waals surface area (Å²) in [5.74, 6) is -1.58. The number of urea groups is 1. The van der Waals surface area contributed by atoms with Crippen LogP contribution in [0.25, 0.3) is 0 Å². The topological polar surface area (TPSA) is 104 Å². The first kappa shape index (κ1) is 13.9. The van der Waals surface area contributed by atoms with Gasteiger partial charge in [-0.2, -0.15) is 0 Å². The Kier molecular flexibility index (Phi) is 3.60. The molecule has 0 spiro atoms. The van der Waals surface area contributed by atoms with E-state index in [-0.39, 0.29) is 18.1 Å². The van der Waals surface area contributed by atoms with Gasteiger partial charge < -0.3 is 15.7 Å². The van der Waals surface area contributed by atoms with Crippen LogP contribution < -0.4 is 10.6 Å². The number of hydrogen-bond donors (Lipinski definition) is 2. The fourth-order valence-electron chi connectivity index (χ4n) is 2.24. The van der Waals surface area contributed by atoms with Crippen LogP contribution in [-0.2, 0) is 11.2 Å². The maximum atomic E-state index is 12.2. The summed E-state index contributed by atoms with van der Waals surface area (Å²) in [6, 6.07) is 4.31. The molecule has 0 saturated heterocycles. The minimum atomic E-state index is -0.997. The Morgan fingerprint density at radius 1 is 1.40 bits per heavy atom. The molecule has 0 radical (unpaired) electrons. The molecule has 0 atom stereocenters. The zero-order valence-corrected chi connectivity index (χ0v) is 11.0. The molecule has 1 aromatic carbocycles. The average molecular weight is 277 g/mol. The van der Waals surface area contributed by atoms with E-state index in [2.05, 4.69) is 0 Å². The van der Waals surface area contributed by atoms with Gasteiger partial charge in [0.05, 0.1) is 5.56 Å². The van der Waals surface area contributed by atoms with Gasteiger partial charge in [-0.3, -0.25) is 9.69 Å². The highest BCUT2D eigenvalue weighted by molar-refractivity contribution is 5.97. The number of primary amides is 1. The lowest BCUT2D eigenvalue weighted by Crippen LogP contribution is -2.44. The minimum absolute atomic E-state index is 0.155. The molecule has 7 nitrogen and oxygen atoms in total. The summed E-state index contributed by atoms with van der Waals surface area (Å²) in [6.45, 7) is 0.304. The summed E-state index contributed by atoms with van der Waals surface area (Å²) >= 11 is 0. The van der Waals surface area contributed by atoms with Crippen molar-refractivity contribution in [1.82, 2.24) is 4.90 Å². The van der Waals surface area contributed by atoms with Gasteiger partial charge in [0.2, 0.25) is 5.91 Å². The maximum Gasteiger partial charge on any atom is 0.335 e. The summed E-state index contributed by atoms with van der Waals surface area (Å²) in [6.07, 6.45) is 0.590. The smallest absolute Gasteiger partial charge is 0.335 e. The zero-order chi connectivity index (χ0) is 14.9. The number of carboxylic acid groups (broad SMARTS) is 1. The van der Waals surface area contributed by atoms with Crippen molar-refractivity contribution < 1.29 is 19.5 Å². The van der Waals surface area contributed by atoms with Crippen LogP contribution in [0.2, 0.25) is 0 Å². The van der Waals surface area contributed by atoms with E-state index in [4.69, 9.17) is 10.8 Å². The van der Waals surface area contributed by atoms with Crippen molar-refractivity contribution in [3.8, 4) is 0 Å². The number of aromatic carboxylic acids is 1. The highest BCUT2D eigenvalue weighted by Crippen LogP contribution is 2.29. The van der Waals surface area contributed by atoms with Crippen molar-refractivity contribution in [1.29, 1.82) is 0 Å².